The molecular weight excluding hydrogens is 392 g/mol. The van der Waals surface area contributed by atoms with E-state index in [0.29, 0.717) is 16.8 Å². The molecule has 0 aliphatic heterocycles. The van der Waals surface area contributed by atoms with Crippen molar-refractivity contribution in [2.24, 2.45) is 0 Å². The van der Waals surface area contributed by atoms with Crippen molar-refractivity contribution in [2.75, 3.05) is 12.8 Å². The molecule has 1 fully saturated rings. The second-order valence-corrected chi connectivity index (χ2v) is 9.12. The van der Waals surface area contributed by atoms with Crippen LogP contribution < -0.4 is 0 Å². The summed E-state index contributed by atoms with van der Waals surface area (Å²) >= 11 is 1.44. The highest BCUT2D eigenvalue weighted by molar-refractivity contribution is 7.99. The van der Waals surface area contributed by atoms with E-state index in [9.17, 15) is 4.79 Å². The number of benzene rings is 2. The Morgan fingerprint density at radius 2 is 1.87 bits per heavy atom. The van der Waals surface area contributed by atoms with Gasteiger partial charge in [-0.3, -0.25) is 4.79 Å². The number of thioether (sulfide) groups is 1. The second-order valence-electron chi connectivity index (χ2n) is 8.17. The highest BCUT2D eigenvalue weighted by Crippen LogP contribution is 2.40. The third-order valence-corrected chi connectivity index (χ3v) is 6.90. The molecule has 1 atom stereocenters. The number of hydrogen-bond acceptors (Lipinski definition) is 4. The van der Waals surface area contributed by atoms with Gasteiger partial charge >= 0.3 is 0 Å². The van der Waals surface area contributed by atoms with E-state index in [1.54, 1.807) is 0 Å². The van der Waals surface area contributed by atoms with Crippen molar-refractivity contribution in [1.82, 2.24) is 19.7 Å². The van der Waals surface area contributed by atoms with Crippen LogP contribution in [0.15, 0.2) is 59.8 Å². The third kappa shape index (κ3) is 3.88. The average Bonchev–Trinajstić information content (AvgIpc) is 3.56. The monoisotopic (exact) mass is 418 g/mol. The third-order valence-electron chi connectivity index (χ3n) is 6.08. The number of rotatable bonds is 6. The second kappa shape index (κ2) is 8.26. The summed E-state index contributed by atoms with van der Waals surface area (Å²) in [6.45, 7) is 0. The molecule has 1 unspecified atom stereocenters. The molecule has 1 aromatic heterocycles. The van der Waals surface area contributed by atoms with Gasteiger partial charge in [-0.15, -0.1) is 5.10 Å². The summed E-state index contributed by atoms with van der Waals surface area (Å²) in [5, 5.41) is 5.41. The lowest BCUT2D eigenvalue weighted by Gasteiger charge is -2.33. The Balaban J connectivity index is 1.29. The van der Waals surface area contributed by atoms with Crippen molar-refractivity contribution in [1.29, 1.82) is 0 Å². The topological polar surface area (TPSA) is 51.0 Å². The molecule has 2 aliphatic rings. The van der Waals surface area contributed by atoms with Crippen LogP contribution in [0.2, 0.25) is 0 Å². The average molecular weight is 419 g/mol. The first-order valence-corrected chi connectivity index (χ1v) is 11.7. The van der Waals surface area contributed by atoms with Gasteiger partial charge in [0, 0.05) is 13.0 Å². The summed E-state index contributed by atoms with van der Waals surface area (Å²) in [6, 6.07) is 18.8. The highest BCUT2D eigenvalue weighted by Gasteiger charge is 2.31. The zero-order valence-electron chi connectivity index (χ0n) is 17.2. The molecule has 2 aliphatic carbocycles. The summed E-state index contributed by atoms with van der Waals surface area (Å²) in [4.78, 5) is 19.7. The van der Waals surface area contributed by atoms with Crippen LogP contribution in [0.5, 0.6) is 0 Å². The number of carbonyl (C=O) groups is 1. The van der Waals surface area contributed by atoms with Crippen molar-refractivity contribution in [3.63, 3.8) is 0 Å². The Morgan fingerprint density at radius 3 is 2.67 bits per heavy atom. The Labute approximate surface area is 181 Å². The maximum atomic E-state index is 13.0. The number of carbonyl (C=O) groups excluding carboxylic acids is 1. The van der Waals surface area contributed by atoms with Crippen molar-refractivity contribution < 1.29 is 4.79 Å². The maximum absolute atomic E-state index is 13.0. The van der Waals surface area contributed by atoms with E-state index >= 15 is 0 Å². The van der Waals surface area contributed by atoms with E-state index in [-0.39, 0.29) is 11.9 Å². The van der Waals surface area contributed by atoms with E-state index in [1.165, 1.54) is 35.7 Å². The zero-order valence-corrected chi connectivity index (χ0v) is 18.0. The molecule has 5 nitrogen and oxygen atoms in total. The molecule has 0 radical (unpaired) electrons. The van der Waals surface area contributed by atoms with Gasteiger partial charge in [-0.25, -0.2) is 9.67 Å². The first-order valence-electron chi connectivity index (χ1n) is 10.7. The van der Waals surface area contributed by atoms with Crippen LogP contribution in [0.25, 0.3) is 5.69 Å². The minimum Gasteiger partial charge on any atom is -0.338 e. The van der Waals surface area contributed by atoms with Crippen LogP contribution in [0.4, 0.5) is 0 Å². The van der Waals surface area contributed by atoms with Crippen molar-refractivity contribution in [2.45, 2.75) is 49.2 Å². The van der Waals surface area contributed by atoms with Crippen molar-refractivity contribution in [3.8, 4) is 5.69 Å². The molecule has 0 spiro atoms. The van der Waals surface area contributed by atoms with Crippen LogP contribution >= 0.6 is 11.8 Å². The van der Waals surface area contributed by atoms with E-state index in [1.807, 2.05) is 34.8 Å². The van der Waals surface area contributed by atoms with E-state index in [4.69, 9.17) is 10.1 Å². The molecule has 0 N–H and O–H groups in total. The number of amides is 1. The minimum absolute atomic E-state index is 0.130. The van der Waals surface area contributed by atoms with Gasteiger partial charge in [-0.2, -0.15) is 0 Å². The smallest absolute Gasteiger partial charge is 0.233 e. The largest absolute Gasteiger partial charge is 0.338 e. The Morgan fingerprint density at radius 1 is 1.10 bits per heavy atom. The fraction of sp³-hybridized carbons (Fsp3) is 0.375. The summed E-state index contributed by atoms with van der Waals surface area (Å²) in [5.74, 6) is 2.00. The summed E-state index contributed by atoms with van der Waals surface area (Å²) in [6.07, 6.45) is 5.59. The summed E-state index contributed by atoms with van der Waals surface area (Å²) in [5.41, 5.74) is 3.70. The molecular formula is C24H26N4OS. The van der Waals surface area contributed by atoms with E-state index in [0.717, 1.165) is 30.8 Å². The van der Waals surface area contributed by atoms with Crippen molar-refractivity contribution >= 4 is 17.7 Å². The highest BCUT2D eigenvalue weighted by atomic mass is 32.2. The van der Waals surface area contributed by atoms with Crippen molar-refractivity contribution in [3.05, 3.63) is 71.5 Å². The van der Waals surface area contributed by atoms with Gasteiger partial charge in [0.25, 0.3) is 0 Å². The normalized spacial score (nSPS) is 18.1. The number of nitrogens with zero attached hydrogens (tertiary/aromatic N) is 4. The molecule has 3 aromatic rings. The molecule has 1 saturated carbocycles. The number of fused-ring (bicyclic) bond motifs is 1. The van der Waals surface area contributed by atoms with E-state index in [2.05, 4.69) is 36.4 Å². The van der Waals surface area contributed by atoms with E-state index < -0.39 is 0 Å². The summed E-state index contributed by atoms with van der Waals surface area (Å²) < 4.78 is 1.95. The number of aromatic nitrogens is 3. The molecule has 0 bridgehead atoms. The molecule has 30 heavy (non-hydrogen) atoms. The maximum Gasteiger partial charge on any atom is 0.233 e. The lowest BCUT2D eigenvalue weighted by Crippen LogP contribution is -2.34. The van der Waals surface area contributed by atoms with Gasteiger partial charge in [-0.1, -0.05) is 54.2 Å². The number of aryl methyl sites for hydroxylation is 1. The number of para-hydroxylation sites is 1. The van der Waals surface area contributed by atoms with Crippen LogP contribution in [0, 0.1) is 0 Å². The Bertz CT molecular complexity index is 1040. The van der Waals surface area contributed by atoms with Gasteiger partial charge in [0.2, 0.25) is 11.1 Å². The molecule has 1 amide bonds. The standard InChI is InChI=1S/C24H26N4OS/c1-27(21-13-7-9-17-8-5-6-12-20(17)21)22(29)16-30-24-25-23(18-14-15-18)28(26-24)19-10-3-2-4-11-19/h2-6,8,10-12,18,21H,7,9,13-16H2,1H3. The van der Waals surface area contributed by atoms with Gasteiger partial charge in [0.15, 0.2) is 0 Å². The van der Waals surface area contributed by atoms with Gasteiger partial charge in [-0.05, 0) is 55.4 Å². The summed E-state index contributed by atoms with van der Waals surface area (Å²) in [7, 11) is 1.93. The van der Waals surface area contributed by atoms with Crippen LogP contribution in [-0.4, -0.2) is 38.4 Å². The first-order chi connectivity index (χ1) is 14.7. The predicted octanol–water partition coefficient (Wildman–Crippen LogP) is 4.77. The zero-order chi connectivity index (χ0) is 20.5. The van der Waals surface area contributed by atoms with Crippen LogP contribution in [0.1, 0.15) is 54.6 Å². The lowest BCUT2D eigenvalue weighted by atomic mass is 9.87. The number of hydrogen-bond donors (Lipinski definition) is 0. The quantitative estimate of drug-likeness (QED) is 0.541. The molecule has 2 aromatic carbocycles. The fourth-order valence-electron chi connectivity index (χ4n) is 4.26. The van der Waals surface area contributed by atoms with Crippen LogP contribution in [-0.2, 0) is 11.2 Å². The molecule has 1 heterocycles. The first kappa shape index (κ1) is 19.4. The Hall–Kier alpha value is -2.60. The molecule has 154 valence electrons. The van der Waals surface area contributed by atoms with Gasteiger partial charge in [0.05, 0.1) is 17.5 Å². The predicted molar refractivity (Wildman–Crippen MR) is 119 cm³/mol. The van der Waals surface area contributed by atoms with Crippen LogP contribution in [0.3, 0.4) is 0 Å². The van der Waals surface area contributed by atoms with Gasteiger partial charge in [0.1, 0.15) is 5.82 Å². The Kier molecular flexibility index (Phi) is 5.34. The molecule has 5 rings (SSSR count). The molecule has 6 heteroatoms. The lowest BCUT2D eigenvalue weighted by molar-refractivity contribution is -0.129. The minimum atomic E-state index is 0.130. The SMILES string of the molecule is CN(C(=O)CSc1nc(C2CC2)n(-c2ccccc2)n1)C1CCCc2ccccc21. The molecule has 0 saturated heterocycles. The fourth-order valence-corrected chi connectivity index (χ4v) is 5.02. The van der Waals surface area contributed by atoms with Gasteiger partial charge < -0.3 is 4.90 Å².